The van der Waals surface area contributed by atoms with Crippen LogP contribution in [0.2, 0.25) is 0 Å². The van der Waals surface area contributed by atoms with Gasteiger partial charge in [-0.15, -0.1) is 16.7 Å². The zero-order valence-corrected chi connectivity index (χ0v) is 16.9. The summed E-state index contributed by atoms with van der Waals surface area (Å²) in [6, 6.07) is 7.96. The van der Waals surface area contributed by atoms with Gasteiger partial charge in [0.1, 0.15) is 5.52 Å². The lowest BCUT2D eigenvalue weighted by Crippen LogP contribution is -2.33. The minimum absolute atomic E-state index is 0.272. The molecule has 27 heavy (non-hydrogen) atoms. The lowest BCUT2D eigenvalue weighted by atomic mass is 9.71. The molecular formula is C20H23ClN4O2. The molecule has 0 aliphatic carbocycles. The number of benzene rings is 1. The largest absolute Gasteiger partial charge is 0.469 e. The van der Waals surface area contributed by atoms with Crippen LogP contribution in [0.25, 0.3) is 11.0 Å². The predicted octanol–water partition coefficient (Wildman–Crippen LogP) is 3.74. The number of fused-ring (bicyclic) bond motifs is 1. The van der Waals surface area contributed by atoms with Crippen LogP contribution in [0.5, 0.6) is 0 Å². The molecule has 2 aromatic heterocycles. The van der Waals surface area contributed by atoms with Gasteiger partial charge in [-0.1, -0.05) is 17.3 Å². The van der Waals surface area contributed by atoms with Crippen molar-refractivity contribution in [3.63, 3.8) is 0 Å². The first-order chi connectivity index (χ1) is 12.8. The van der Waals surface area contributed by atoms with Gasteiger partial charge in [-0.2, -0.15) is 0 Å². The molecule has 1 aromatic carbocycles. The number of rotatable bonds is 5. The second kappa shape index (κ2) is 7.27. The van der Waals surface area contributed by atoms with Crippen molar-refractivity contribution in [1.82, 2.24) is 20.0 Å². The van der Waals surface area contributed by atoms with Crippen LogP contribution in [-0.2, 0) is 22.5 Å². The number of aryl methyl sites for hydroxylation is 2. The first kappa shape index (κ1) is 19.3. The maximum Gasteiger partial charge on any atom is 0.312 e. The summed E-state index contributed by atoms with van der Waals surface area (Å²) in [5.41, 5.74) is 4.58. The fraction of sp³-hybridized carbons (Fsp3) is 0.400. The third-order valence-electron chi connectivity index (χ3n) is 5.09. The van der Waals surface area contributed by atoms with Gasteiger partial charge >= 0.3 is 5.97 Å². The molecule has 0 fully saturated rings. The molecule has 2 heterocycles. The molecule has 0 amide bonds. The Kier molecular flexibility index (Phi) is 5.20. The molecule has 0 aliphatic heterocycles. The lowest BCUT2D eigenvalue weighted by Gasteiger charge is -2.32. The summed E-state index contributed by atoms with van der Waals surface area (Å²) >= 11 is 6.09. The van der Waals surface area contributed by atoms with Gasteiger partial charge in [0.25, 0.3) is 0 Å². The highest BCUT2D eigenvalue weighted by Gasteiger charge is 2.40. The van der Waals surface area contributed by atoms with Crippen LogP contribution in [0.4, 0.5) is 0 Å². The highest BCUT2D eigenvalue weighted by molar-refractivity contribution is 6.17. The molecule has 1 atom stereocenters. The van der Waals surface area contributed by atoms with E-state index < -0.39 is 5.41 Å². The summed E-state index contributed by atoms with van der Waals surface area (Å²) < 4.78 is 6.81. The van der Waals surface area contributed by atoms with Crippen molar-refractivity contribution in [2.45, 2.75) is 32.6 Å². The number of aromatic nitrogens is 4. The van der Waals surface area contributed by atoms with E-state index in [1.807, 2.05) is 58.3 Å². The molecule has 6 nitrogen and oxygen atoms in total. The average molecular weight is 387 g/mol. The van der Waals surface area contributed by atoms with Gasteiger partial charge < -0.3 is 4.74 Å². The Hall–Kier alpha value is -2.47. The van der Waals surface area contributed by atoms with E-state index in [0.717, 1.165) is 33.4 Å². The zero-order chi connectivity index (χ0) is 19.8. The predicted molar refractivity (Wildman–Crippen MR) is 105 cm³/mol. The molecule has 0 radical (unpaired) electrons. The van der Waals surface area contributed by atoms with E-state index in [4.69, 9.17) is 16.3 Å². The maximum absolute atomic E-state index is 12.6. The summed E-state index contributed by atoms with van der Waals surface area (Å²) in [4.78, 5) is 17.1. The van der Waals surface area contributed by atoms with Crippen LogP contribution in [0.3, 0.4) is 0 Å². The van der Waals surface area contributed by atoms with Gasteiger partial charge in [0.05, 0.1) is 18.0 Å². The smallest absolute Gasteiger partial charge is 0.312 e. The van der Waals surface area contributed by atoms with Gasteiger partial charge in [0, 0.05) is 30.7 Å². The fourth-order valence-corrected chi connectivity index (χ4v) is 3.80. The third-order valence-corrected chi connectivity index (χ3v) is 5.38. The number of carbonyl (C=O) groups is 1. The van der Waals surface area contributed by atoms with Crippen molar-refractivity contribution >= 4 is 28.6 Å². The molecule has 3 aromatic rings. The van der Waals surface area contributed by atoms with Crippen molar-refractivity contribution < 1.29 is 9.53 Å². The second-order valence-corrected chi connectivity index (χ2v) is 7.52. The maximum atomic E-state index is 12.6. The molecule has 3 rings (SSSR count). The molecule has 0 spiro atoms. The van der Waals surface area contributed by atoms with Crippen molar-refractivity contribution in [2.75, 3.05) is 7.11 Å². The Balaban J connectivity index is 2.21. The zero-order valence-electron chi connectivity index (χ0n) is 16.2. The molecule has 0 aliphatic rings. The van der Waals surface area contributed by atoms with E-state index >= 15 is 0 Å². The average Bonchev–Trinajstić information content (AvgIpc) is 3.02. The molecule has 0 saturated heterocycles. The Labute approximate surface area is 163 Å². The highest BCUT2D eigenvalue weighted by atomic mass is 35.5. The van der Waals surface area contributed by atoms with Gasteiger partial charge in [0.15, 0.2) is 0 Å². The molecule has 0 N–H and O–H groups in total. The van der Waals surface area contributed by atoms with Crippen LogP contribution in [0.15, 0.2) is 30.5 Å². The van der Waals surface area contributed by atoms with Crippen molar-refractivity contribution in [3.8, 4) is 0 Å². The number of carbonyl (C=O) groups excluding carboxylic acids is 1. The van der Waals surface area contributed by atoms with E-state index in [0.29, 0.717) is 5.88 Å². The van der Waals surface area contributed by atoms with Crippen LogP contribution in [0, 0.1) is 12.3 Å². The molecule has 0 bridgehead atoms. The molecule has 0 saturated carbocycles. The standard InChI is InChI=1S/C20H23ClN4O2/c1-12-14(10-21)8-15(11-22-12)18(20(2,3)19(26)27-5)13-6-7-17-16(9-13)23-24-25(17)4/h6-9,11,18H,10H2,1-5H3. The van der Waals surface area contributed by atoms with Crippen LogP contribution in [-0.4, -0.2) is 33.1 Å². The van der Waals surface area contributed by atoms with E-state index in [9.17, 15) is 4.79 Å². The summed E-state index contributed by atoms with van der Waals surface area (Å²) in [5, 5.41) is 8.28. The number of hydrogen-bond acceptors (Lipinski definition) is 5. The number of halogens is 1. The SMILES string of the molecule is COC(=O)C(C)(C)C(c1cnc(C)c(CCl)c1)c1ccc2c(c1)nnn2C. The van der Waals surface area contributed by atoms with Gasteiger partial charge in [0.2, 0.25) is 0 Å². The number of esters is 1. The minimum Gasteiger partial charge on any atom is -0.469 e. The summed E-state index contributed by atoms with van der Waals surface area (Å²) in [6.45, 7) is 5.68. The number of alkyl halides is 1. The summed E-state index contributed by atoms with van der Waals surface area (Å²) in [7, 11) is 3.26. The Morgan fingerprint density at radius 2 is 2.04 bits per heavy atom. The lowest BCUT2D eigenvalue weighted by molar-refractivity contribution is -0.151. The van der Waals surface area contributed by atoms with E-state index in [1.54, 1.807) is 4.68 Å². The Bertz CT molecular complexity index is 997. The summed E-state index contributed by atoms with van der Waals surface area (Å²) in [5.74, 6) is -0.201. The van der Waals surface area contributed by atoms with Crippen LogP contribution < -0.4 is 0 Å². The second-order valence-electron chi connectivity index (χ2n) is 7.25. The van der Waals surface area contributed by atoms with Gasteiger partial charge in [-0.3, -0.25) is 9.78 Å². The molecule has 7 heteroatoms. The van der Waals surface area contributed by atoms with E-state index in [-0.39, 0.29) is 11.9 Å². The number of ether oxygens (including phenoxy) is 1. The third kappa shape index (κ3) is 3.41. The number of nitrogens with zero attached hydrogens (tertiary/aromatic N) is 4. The number of hydrogen-bond donors (Lipinski definition) is 0. The number of pyridine rings is 1. The summed E-state index contributed by atoms with van der Waals surface area (Å²) in [6.07, 6.45) is 1.81. The van der Waals surface area contributed by atoms with Crippen molar-refractivity contribution in [1.29, 1.82) is 0 Å². The van der Waals surface area contributed by atoms with E-state index in [1.165, 1.54) is 7.11 Å². The first-order valence-electron chi connectivity index (χ1n) is 8.68. The fourth-order valence-electron chi connectivity index (χ4n) is 3.53. The van der Waals surface area contributed by atoms with Gasteiger partial charge in [-0.05, 0) is 49.6 Å². The van der Waals surface area contributed by atoms with Crippen molar-refractivity contribution in [2.24, 2.45) is 12.5 Å². The van der Waals surface area contributed by atoms with Crippen molar-refractivity contribution in [3.05, 3.63) is 52.8 Å². The quantitative estimate of drug-likeness (QED) is 0.493. The first-order valence-corrected chi connectivity index (χ1v) is 9.22. The monoisotopic (exact) mass is 386 g/mol. The van der Waals surface area contributed by atoms with E-state index in [2.05, 4.69) is 15.3 Å². The normalized spacial score (nSPS) is 13.0. The Morgan fingerprint density at radius 3 is 2.70 bits per heavy atom. The molecule has 142 valence electrons. The molecule has 1 unspecified atom stereocenters. The molecular weight excluding hydrogens is 364 g/mol. The van der Waals surface area contributed by atoms with Gasteiger partial charge in [-0.25, -0.2) is 4.68 Å². The number of methoxy groups -OCH3 is 1. The highest BCUT2D eigenvalue weighted by Crippen LogP contribution is 2.42. The minimum atomic E-state index is -0.814. The Morgan fingerprint density at radius 1 is 1.30 bits per heavy atom. The van der Waals surface area contributed by atoms with Crippen LogP contribution in [0.1, 0.15) is 42.1 Å². The topological polar surface area (TPSA) is 69.9 Å². The van der Waals surface area contributed by atoms with Crippen LogP contribution >= 0.6 is 11.6 Å².